The van der Waals surface area contributed by atoms with Gasteiger partial charge in [-0.25, -0.2) is 0 Å². The van der Waals surface area contributed by atoms with E-state index in [2.05, 4.69) is 5.16 Å². The van der Waals surface area contributed by atoms with Crippen LogP contribution in [0.25, 0.3) is 0 Å². The second kappa shape index (κ2) is 3.93. The number of rotatable bonds is 2. The lowest BCUT2D eigenvalue weighted by molar-refractivity contribution is 0.317. The summed E-state index contributed by atoms with van der Waals surface area (Å²) in [4.78, 5) is 0. The second-order valence-corrected chi connectivity index (χ2v) is 1.42. The number of nitrogens with zero attached hydrogens (tertiary/aromatic N) is 1. The average molecular weight is 122 g/mol. The minimum Gasteiger partial charge on any atom is -0.411 e. The smallest absolute Gasteiger partial charge is 0.0715 e. The fourth-order valence-electron chi connectivity index (χ4n) is 0.192. The molecule has 0 spiro atoms. The van der Waals surface area contributed by atoms with E-state index in [1.807, 2.05) is 6.92 Å². The number of alkyl halides is 1. The van der Waals surface area contributed by atoms with Crippen LogP contribution in [0.5, 0.6) is 0 Å². The van der Waals surface area contributed by atoms with E-state index in [1.165, 1.54) is 0 Å². The van der Waals surface area contributed by atoms with Crippen molar-refractivity contribution in [1.29, 1.82) is 0 Å². The minimum atomic E-state index is 0.326. The van der Waals surface area contributed by atoms with Crippen LogP contribution in [0.1, 0.15) is 13.3 Å². The number of hydrogen-bond acceptors (Lipinski definition) is 2. The Morgan fingerprint density at radius 2 is 2.43 bits per heavy atom. The highest BCUT2D eigenvalue weighted by Gasteiger charge is 1.88. The van der Waals surface area contributed by atoms with E-state index in [0.29, 0.717) is 11.6 Å². The van der Waals surface area contributed by atoms with Gasteiger partial charge in [-0.15, -0.1) is 11.6 Å². The SMILES string of the molecule is CCC(CCl)=NO. The zero-order valence-electron chi connectivity index (χ0n) is 4.19. The predicted molar refractivity (Wildman–Crippen MR) is 30.2 cm³/mol. The van der Waals surface area contributed by atoms with Crippen molar-refractivity contribution in [2.75, 3.05) is 5.88 Å². The zero-order chi connectivity index (χ0) is 5.70. The zero-order valence-corrected chi connectivity index (χ0v) is 4.94. The highest BCUT2D eigenvalue weighted by molar-refractivity contribution is 6.28. The second-order valence-electron chi connectivity index (χ2n) is 1.15. The molecule has 0 unspecified atom stereocenters. The molecule has 0 saturated heterocycles. The molecular formula is C4H8ClNO. The molecule has 0 saturated carbocycles. The number of halogens is 1. The van der Waals surface area contributed by atoms with E-state index in [0.717, 1.165) is 6.42 Å². The van der Waals surface area contributed by atoms with Crippen LogP contribution in [-0.2, 0) is 0 Å². The third-order valence-corrected chi connectivity index (χ3v) is 1.01. The first-order valence-electron chi connectivity index (χ1n) is 2.11. The first-order valence-corrected chi connectivity index (χ1v) is 2.64. The summed E-state index contributed by atoms with van der Waals surface area (Å²) in [5.41, 5.74) is 0.627. The van der Waals surface area contributed by atoms with Crippen LogP contribution in [0.3, 0.4) is 0 Å². The van der Waals surface area contributed by atoms with E-state index in [4.69, 9.17) is 16.8 Å². The van der Waals surface area contributed by atoms with Crippen LogP contribution in [0.4, 0.5) is 0 Å². The van der Waals surface area contributed by atoms with Crippen molar-refractivity contribution < 1.29 is 5.21 Å². The Bertz CT molecular complexity index is 66.1. The number of oxime groups is 1. The summed E-state index contributed by atoms with van der Waals surface area (Å²) >= 11 is 5.28. The van der Waals surface area contributed by atoms with E-state index in [1.54, 1.807) is 0 Å². The van der Waals surface area contributed by atoms with Gasteiger partial charge in [-0.1, -0.05) is 12.1 Å². The Morgan fingerprint density at radius 1 is 1.86 bits per heavy atom. The summed E-state index contributed by atoms with van der Waals surface area (Å²) < 4.78 is 0. The molecule has 0 bridgehead atoms. The molecule has 0 atom stereocenters. The molecular weight excluding hydrogens is 114 g/mol. The molecule has 0 aliphatic carbocycles. The summed E-state index contributed by atoms with van der Waals surface area (Å²) in [6, 6.07) is 0. The predicted octanol–water partition coefficient (Wildman–Crippen LogP) is 1.47. The van der Waals surface area contributed by atoms with Crippen LogP contribution in [0, 0.1) is 0 Å². The van der Waals surface area contributed by atoms with Crippen molar-refractivity contribution in [3.05, 3.63) is 0 Å². The normalized spacial score (nSPS) is 12.0. The monoisotopic (exact) mass is 121 g/mol. The fourth-order valence-corrected chi connectivity index (χ4v) is 0.434. The molecule has 0 aliphatic rings. The Labute approximate surface area is 47.8 Å². The van der Waals surface area contributed by atoms with Crippen molar-refractivity contribution in [3.63, 3.8) is 0 Å². The Kier molecular flexibility index (Phi) is 3.80. The standard InChI is InChI=1S/C4H8ClNO/c1-2-4(3-5)6-7/h7H,2-3H2,1H3. The van der Waals surface area contributed by atoms with E-state index >= 15 is 0 Å². The molecule has 0 radical (unpaired) electrons. The third-order valence-electron chi connectivity index (χ3n) is 0.704. The van der Waals surface area contributed by atoms with Gasteiger partial charge in [0.1, 0.15) is 0 Å². The van der Waals surface area contributed by atoms with Gasteiger partial charge in [-0.3, -0.25) is 0 Å². The molecule has 42 valence electrons. The van der Waals surface area contributed by atoms with Gasteiger partial charge in [0.25, 0.3) is 0 Å². The molecule has 2 nitrogen and oxygen atoms in total. The van der Waals surface area contributed by atoms with Crippen LogP contribution >= 0.6 is 11.6 Å². The summed E-state index contributed by atoms with van der Waals surface area (Å²) in [7, 11) is 0. The first kappa shape index (κ1) is 6.76. The molecule has 0 rings (SSSR count). The summed E-state index contributed by atoms with van der Waals surface area (Å²) in [5, 5.41) is 10.9. The van der Waals surface area contributed by atoms with Gasteiger partial charge < -0.3 is 5.21 Å². The summed E-state index contributed by atoms with van der Waals surface area (Å²) in [5.74, 6) is 0.326. The molecule has 0 aliphatic heterocycles. The maximum absolute atomic E-state index is 8.03. The van der Waals surface area contributed by atoms with Crippen LogP contribution in [0.2, 0.25) is 0 Å². The quantitative estimate of drug-likeness (QED) is 0.255. The fraction of sp³-hybridized carbons (Fsp3) is 0.750. The summed E-state index contributed by atoms with van der Waals surface area (Å²) in [6.07, 6.45) is 0.722. The van der Waals surface area contributed by atoms with Gasteiger partial charge in [-0.05, 0) is 6.42 Å². The Hall–Kier alpha value is -0.240. The highest BCUT2D eigenvalue weighted by atomic mass is 35.5. The van der Waals surface area contributed by atoms with Crippen molar-refractivity contribution >= 4 is 17.3 Å². The molecule has 0 aromatic carbocycles. The molecule has 7 heavy (non-hydrogen) atoms. The Morgan fingerprint density at radius 3 is 2.43 bits per heavy atom. The Balaban J connectivity index is 3.38. The third kappa shape index (κ3) is 2.45. The van der Waals surface area contributed by atoms with Crippen molar-refractivity contribution in [2.45, 2.75) is 13.3 Å². The lowest BCUT2D eigenvalue weighted by Crippen LogP contribution is -1.95. The topological polar surface area (TPSA) is 32.6 Å². The van der Waals surface area contributed by atoms with Gasteiger partial charge in [0.15, 0.2) is 0 Å². The van der Waals surface area contributed by atoms with E-state index < -0.39 is 0 Å². The molecule has 0 amide bonds. The van der Waals surface area contributed by atoms with Gasteiger partial charge >= 0.3 is 0 Å². The van der Waals surface area contributed by atoms with Crippen molar-refractivity contribution in [1.82, 2.24) is 0 Å². The maximum Gasteiger partial charge on any atom is 0.0715 e. The maximum atomic E-state index is 8.03. The van der Waals surface area contributed by atoms with Gasteiger partial charge in [0.05, 0.1) is 11.6 Å². The summed E-state index contributed by atoms with van der Waals surface area (Å²) in [6.45, 7) is 1.89. The van der Waals surface area contributed by atoms with Gasteiger partial charge in [-0.2, -0.15) is 0 Å². The van der Waals surface area contributed by atoms with Crippen molar-refractivity contribution in [3.8, 4) is 0 Å². The van der Waals surface area contributed by atoms with Crippen LogP contribution in [-0.4, -0.2) is 16.8 Å². The largest absolute Gasteiger partial charge is 0.411 e. The van der Waals surface area contributed by atoms with Crippen molar-refractivity contribution in [2.24, 2.45) is 5.16 Å². The minimum absolute atomic E-state index is 0.326. The lowest BCUT2D eigenvalue weighted by Gasteiger charge is -1.88. The molecule has 0 aromatic heterocycles. The molecule has 1 N–H and O–H groups in total. The van der Waals surface area contributed by atoms with Gasteiger partial charge in [0.2, 0.25) is 0 Å². The van der Waals surface area contributed by atoms with Crippen LogP contribution < -0.4 is 0 Å². The molecule has 0 fully saturated rings. The van der Waals surface area contributed by atoms with E-state index in [-0.39, 0.29) is 0 Å². The number of hydrogen-bond donors (Lipinski definition) is 1. The molecule has 0 aromatic rings. The first-order chi connectivity index (χ1) is 3.35. The molecule has 0 heterocycles. The average Bonchev–Trinajstić information content (AvgIpc) is 1.72. The van der Waals surface area contributed by atoms with Gasteiger partial charge in [0, 0.05) is 0 Å². The van der Waals surface area contributed by atoms with E-state index in [9.17, 15) is 0 Å². The lowest BCUT2D eigenvalue weighted by atomic mass is 10.3. The van der Waals surface area contributed by atoms with Crippen LogP contribution in [0.15, 0.2) is 5.16 Å². The molecule has 3 heteroatoms. The highest BCUT2D eigenvalue weighted by Crippen LogP contribution is 1.86.